The van der Waals surface area contributed by atoms with Crippen molar-refractivity contribution in [3.8, 4) is 0 Å². The number of carbonyl (C=O) groups excluding carboxylic acids is 1. The van der Waals surface area contributed by atoms with Gasteiger partial charge in [0.05, 0.1) is 28.3 Å². The largest absolute Gasteiger partial charge is 0.470 e. The summed E-state index contributed by atoms with van der Waals surface area (Å²) >= 11 is 0. The zero-order valence-electron chi connectivity index (χ0n) is 14.3. The zero-order valence-corrected chi connectivity index (χ0v) is 15.1. The second-order valence-electron chi connectivity index (χ2n) is 7.36. The molecule has 1 amide bonds. The molecule has 0 N–H and O–H groups in total. The Bertz CT molecular complexity index is 955. The number of nitrogens with zero attached hydrogens (tertiary/aromatic N) is 2. The molecule has 2 fully saturated rings. The van der Waals surface area contributed by atoms with Gasteiger partial charge >= 0.3 is 0 Å². The average molecular weight is 372 g/mol. The molecule has 2 aromatic rings. The summed E-state index contributed by atoms with van der Waals surface area (Å²) in [6.45, 7) is 0.802. The van der Waals surface area contributed by atoms with Gasteiger partial charge in [-0.05, 0) is 37.3 Å². The molecule has 6 nitrogen and oxygen atoms in total. The SMILES string of the molecule is O=C1N(c2ccoc2)c2ccccc2C12CCN(S(=O)(=O)C1CC1)CC2. The number of amides is 1. The zero-order chi connectivity index (χ0) is 17.9. The van der Waals surface area contributed by atoms with Gasteiger partial charge in [0.25, 0.3) is 0 Å². The Balaban J connectivity index is 1.51. The maximum atomic E-state index is 13.5. The van der Waals surface area contributed by atoms with Gasteiger partial charge in [-0.15, -0.1) is 0 Å². The van der Waals surface area contributed by atoms with E-state index >= 15 is 0 Å². The van der Waals surface area contributed by atoms with E-state index in [0.29, 0.717) is 31.6 Å². The topological polar surface area (TPSA) is 70.8 Å². The molecular formula is C19H20N2O4S. The molecule has 1 aliphatic carbocycles. The Hall–Kier alpha value is -2.12. The van der Waals surface area contributed by atoms with Gasteiger partial charge in [0.1, 0.15) is 6.26 Å². The fourth-order valence-electron chi connectivity index (χ4n) is 4.34. The molecule has 7 heteroatoms. The molecule has 0 bridgehead atoms. The highest BCUT2D eigenvalue weighted by Gasteiger charge is 2.54. The van der Waals surface area contributed by atoms with Gasteiger partial charge in [-0.1, -0.05) is 18.2 Å². The minimum Gasteiger partial charge on any atom is -0.470 e. The summed E-state index contributed by atoms with van der Waals surface area (Å²) < 4.78 is 31.9. The van der Waals surface area contributed by atoms with Crippen LogP contribution in [0.3, 0.4) is 0 Å². The van der Waals surface area contributed by atoms with E-state index in [4.69, 9.17) is 4.42 Å². The van der Waals surface area contributed by atoms with Crippen molar-refractivity contribution in [2.45, 2.75) is 36.3 Å². The molecule has 1 spiro atoms. The number of fused-ring (bicyclic) bond motifs is 2. The van der Waals surface area contributed by atoms with Crippen LogP contribution in [0.4, 0.5) is 11.4 Å². The number of benzene rings is 1. The van der Waals surface area contributed by atoms with Crippen LogP contribution in [-0.2, 0) is 20.2 Å². The normalized spacial score (nSPS) is 22.8. The second-order valence-corrected chi connectivity index (χ2v) is 9.58. The first-order valence-corrected chi connectivity index (χ1v) is 10.5. The third-order valence-electron chi connectivity index (χ3n) is 5.92. The maximum Gasteiger partial charge on any atom is 0.242 e. The summed E-state index contributed by atoms with van der Waals surface area (Å²) in [6, 6.07) is 9.59. The van der Waals surface area contributed by atoms with Crippen molar-refractivity contribution in [2.24, 2.45) is 0 Å². The molecule has 136 valence electrons. The molecule has 1 aromatic heterocycles. The summed E-state index contributed by atoms with van der Waals surface area (Å²) in [5.74, 6) is 0.0172. The maximum absolute atomic E-state index is 13.5. The molecule has 1 saturated carbocycles. The first kappa shape index (κ1) is 16.1. The minimum atomic E-state index is -3.19. The van der Waals surface area contributed by atoms with E-state index in [0.717, 1.165) is 24.1 Å². The predicted octanol–water partition coefficient (Wildman–Crippen LogP) is 2.78. The summed E-state index contributed by atoms with van der Waals surface area (Å²) in [5.41, 5.74) is 1.93. The Kier molecular flexibility index (Phi) is 3.36. The lowest BCUT2D eigenvalue weighted by Crippen LogP contribution is -2.50. The number of hydrogen-bond donors (Lipinski definition) is 0. The molecule has 0 radical (unpaired) electrons. The lowest BCUT2D eigenvalue weighted by molar-refractivity contribution is -0.123. The highest BCUT2D eigenvalue weighted by molar-refractivity contribution is 7.90. The van der Waals surface area contributed by atoms with Gasteiger partial charge in [0, 0.05) is 19.2 Å². The van der Waals surface area contributed by atoms with Crippen LogP contribution in [0.5, 0.6) is 0 Å². The lowest BCUT2D eigenvalue weighted by atomic mass is 9.74. The van der Waals surface area contributed by atoms with Crippen molar-refractivity contribution >= 4 is 27.3 Å². The highest BCUT2D eigenvalue weighted by atomic mass is 32.2. The third kappa shape index (κ3) is 2.13. The van der Waals surface area contributed by atoms with Crippen LogP contribution < -0.4 is 4.90 Å². The molecule has 3 heterocycles. The molecular weight excluding hydrogens is 352 g/mol. The highest BCUT2D eigenvalue weighted by Crippen LogP contribution is 2.51. The predicted molar refractivity (Wildman–Crippen MR) is 96.7 cm³/mol. The van der Waals surface area contributed by atoms with Crippen LogP contribution in [0, 0.1) is 0 Å². The van der Waals surface area contributed by atoms with Crippen molar-refractivity contribution in [3.05, 3.63) is 48.4 Å². The minimum absolute atomic E-state index is 0.0172. The van der Waals surface area contributed by atoms with Gasteiger partial charge in [-0.25, -0.2) is 12.7 Å². The molecule has 5 rings (SSSR count). The number of piperidine rings is 1. The number of sulfonamides is 1. The van der Waals surface area contributed by atoms with Crippen LogP contribution in [-0.4, -0.2) is 37.0 Å². The van der Waals surface area contributed by atoms with Gasteiger partial charge < -0.3 is 4.42 Å². The number of carbonyl (C=O) groups is 1. The third-order valence-corrected chi connectivity index (χ3v) is 8.32. The standard InChI is InChI=1S/C19H20N2O4S/c22-18-19(8-10-20(11-9-19)26(23,24)15-5-6-15)16-3-1-2-4-17(16)21(18)14-7-12-25-13-14/h1-4,7,12-13,15H,5-6,8-11H2. The van der Waals surface area contributed by atoms with Gasteiger partial charge in [0.15, 0.2) is 0 Å². The fraction of sp³-hybridized carbons (Fsp3) is 0.421. The van der Waals surface area contributed by atoms with Crippen molar-refractivity contribution < 1.29 is 17.6 Å². The van der Waals surface area contributed by atoms with E-state index in [9.17, 15) is 13.2 Å². The monoisotopic (exact) mass is 372 g/mol. The van der Waals surface area contributed by atoms with Crippen LogP contribution in [0.15, 0.2) is 47.3 Å². The number of hydrogen-bond acceptors (Lipinski definition) is 4. The van der Waals surface area contributed by atoms with E-state index in [2.05, 4.69) is 0 Å². The van der Waals surface area contributed by atoms with E-state index in [1.165, 1.54) is 0 Å². The second kappa shape index (κ2) is 5.44. The lowest BCUT2D eigenvalue weighted by Gasteiger charge is -2.37. The van der Waals surface area contributed by atoms with Crippen LogP contribution in [0.25, 0.3) is 0 Å². The summed E-state index contributed by atoms with van der Waals surface area (Å²) in [7, 11) is -3.19. The Labute approximate surface area is 152 Å². The summed E-state index contributed by atoms with van der Waals surface area (Å²) in [4.78, 5) is 15.2. The van der Waals surface area contributed by atoms with Crippen molar-refractivity contribution in [2.75, 3.05) is 18.0 Å². The summed E-state index contributed by atoms with van der Waals surface area (Å²) in [5, 5.41) is -0.203. The van der Waals surface area contributed by atoms with Crippen LogP contribution in [0.1, 0.15) is 31.2 Å². The van der Waals surface area contributed by atoms with Crippen LogP contribution >= 0.6 is 0 Å². The Morgan fingerprint density at radius 3 is 2.46 bits per heavy atom. The first-order valence-electron chi connectivity index (χ1n) is 8.99. The quantitative estimate of drug-likeness (QED) is 0.831. The number of anilines is 2. The van der Waals surface area contributed by atoms with Gasteiger partial charge in [-0.3, -0.25) is 9.69 Å². The molecule has 2 aliphatic heterocycles. The van der Waals surface area contributed by atoms with Crippen LogP contribution in [0.2, 0.25) is 0 Å². The van der Waals surface area contributed by atoms with E-state index in [-0.39, 0.29) is 11.2 Å². The number of rotatable bonds is 3. The smallest absolute Gasteiger partial charge is 0.242 e. The first-order chi connectivity index (χ1) is 12.5. The molecule has 1 saturated heterocycles. The number of furan rings is 1. The van der Waals surface area contributed by atoms with Crippen molar-refractivity contribution in [1.82, 2.24) is 4.31 Å². The molecule has 26 heavy (non-hydrogen) atoms. The average Bonchev–Trinajstić information content (AvgIpc) is 3.35. The molecule has 0 unspecified atom stereocenters. The van der Waals surface area contributed by atoms with E-state index in [1.807, 2.05) is 24.3 Å². The Morgan fingerprint density at radius 2 is 1.81 bits per heavy atom. The molecule has 1 aromatic carbocycles. The van der Waals surface area contributed by atoms with E-state index in [1.54, 1.807) is 27.8 Å². The number of para-hydroxylation sites is 1. The van der Waals surface area contributed by atoms with Gasteiger partial charge in [0.2, 0.25) is 15.9 Å². The Morgan fingerprint density at radius 1 is 1.08 bits per heavy atom. The molecule has 0 atom stereocenters. The van der Waals surface area contributed by atoms with Gasteiger partial charge in [-0.2, -0.15) is 0 Å². The van der Waals surface area contributed by atoms with Crippen molar-refractivity contribution in [1.29, 1.82) is 0 Å². The van der Waals surface area contributed by atoms with Crippen molar-refractivity contribution in [3.63, 3.8) is 0 Å². The molecule has 3 aliphatic rings. The summed E-state index contributed by atoms with van der Waals surface area (Å²) in [6.07, 6.45) is 5.69. The van der Waals surface area contributed by atoms with E-state index < -0.39 is 15.4 Å². The fourth-order valence-corrected chi connectivity index (χ4v) is 6.18.